The Labute approximate surface area is 179 Å². The van der Waals surface area contributed by atoms with Crippen LogP contribution in [0.4, 0.5) is 0 Å². The summed E-state index contributed by atoms with van der Waals surface area (Å²) in [6.45, 7) is 1.44. The van der Waals surface area contributed by atoms with E-state index in [9.17, 15) is 4.79 Å². The minimum absolute atomic E-state index is 0.0812. The number of halogens is 3. The zero-order valence-electron chi connectivity index (χ0n) is 15.6. The van der Waals surface area contributed by atoms with E-state index in [1.54, 1.807) is 41.0 Å². The highest BCUT2D eigenvalue weighted by Gasteiger charge is 2.10. The van der Waals surface area contributed by atoms with E-state index in [0.717, 1.165) is 18.5 Å². The van der Waals surface area contributed by atoms with Crippen molar-refractivity contribution in [2.24, 2.45) is 0 Å². The largest absolute Gasteiger partial charge is 0.309 e. The first-order valence-electron chi connectivity index (χ1n) is 8.83. The van der Waals surface area contributed by atoms with Crippen molar-refractivity contribution in [3.8, 4) is 0 Å². The Hall–Kier alpha value is -1.85. The molecule has 4 nitrogen and oxygen atoms in total. The van der Waals surface area contributed by atoms with Gasteiger partial charge in [0.25, 0.3) is 5.56 Å². The van der Waals surface area contributed by atoms with Gasteiger partial charge >= 0.3 is 0 Å². The van der Waals surface area contributed by atoms with Crippen LogP contribution in [0.15, 0.2) is 41.2 Å². The molecule has 146 valence electrons. The van der Waals surface area contributed by atoms with Gasteiger partial charge in [-0.05, 0) is 75.1 Å². The van der Waals surface area contributed by atoms with Crippen molar-refractivity contribution in [1.29, 1.82) is 0 Å². The molecule has 28 heavy (non-hydrogen) atoms. The van der Waals surface area contributed by atoms with E-state index in [-0.39, 0.29) is 5.56 Å². The van der Waals surface area contributed by atoms with E-state index < -0.39 is 0 Å². The second kappa shape index (κ2) is 9.10. The summed E-state index contributed by atoms with van der Waals surface area (Å²) in [4.78, 5) is 19.8. The number of benzene rings is 2. The molecule has 1 heterocycles. The summed E-state index contributed by atoms with van der Waals surface area (Å²) in [5.74, 6) is 0.560. The summed E-state index contributed by atoms with van der Waals surface area (Å²) in [6.07, 6.45) is 4.46. The number of nitrogens with zero attached hydrogens (tertiary/aromatic N) is 3. The van der Waals surface area contributed by atoms with Crippen molar-refractivity contribution in [2.75, 3.05) is 20.6 Å². The Kier molecular flexibility index (Phi) is 6.78. The molecule has 3 aromatic rings. The third-order valence-electron chi connectivity index (χ3n) is 4.31. The van der Waals surface area contributed by atoms with Gasteiger partial charge in [0, 0.05) is 21.6 Å². The van der Waals surface area contributed by atoms with E-state index in [4.69, 9.17) is 34.8 Å². The molecule has 0 saturated carbocycles. The van der Waals surface area contributed by atoms with Crippen LogP contribution >= 0.6 is 34.8 Å². The number of rotatable bonds is 6. The zero-order valence-corrected chi connectivity index (χ0v) is 17.9. The highest BCUT2D eigenvalue weighted by atomic mass is 35.5. The lowest BCUT2D eigenvalue weighted by Gasteiger charge is -2.14. The van der Waals surface area contributed by atoms with Crippen LogP contribution in [0.1, 0.15) is 17.8 Å². The third kappa shape index (κ3) is 4.95. The summed E-state index contributed by atoms with van der Waals surface area (Å²) in [5.41, 5.74) is 1.29. The van der Waals surface area contributed by atoms with Gasteiger partial charge in [-0.25, -0.2) is 4.98 Å². The van der Waals surface area contributed by atoms with E-state index >= 15 is 0 Å². The van der Waals surface area contributed by atoms with Crippen LogP contribution in [0.2, 0.25) is 15.1 Å². The maximum absolute atomic E-state index is 13.0. The van der Waals surface area contributed by atoms with Crippen molar-refractivity contribution >= 4 is 57.9 Å². The summed E-state index contributed by atoms with van der Waals surface area (Å²) in [7, 11) is 4.01. The average molecular weight is 437 g/mol. The van der Waals surface area contributed by atoms with Gasteiger partial charge in [0.2, 0.25) is 0 Å². The van der Waals surface area contributed by atoms with Crippen LogP contribution in [-0.4, -0.2) is 35.1 Å². The van der Waals surface area contributed by atoms with Gasteiger partial charge in [0.1, 0.15) is 5.82 Å². The number of hydrogen-bond donors (Lipinski definition) is 0. The molecule has 2 aromatic carbocycles. The lowest BCUT2D eigenvalue weighted by molar-refractivity contribution is 0.384. The standard InChI is InChI=1S/C21H20Cl3N3O/c1-26(2)10-3-11-27-20(9-5-14-4-6-15(22)12-18(14)24)25-19-13-16(23)7-8-17(19)21(27)28/h4-9,12-13H,3,10-11H2,1-2H3/b9-5+. The predicted octanol–water partition coefficient (Wildman–Crippen LogP) is 5.48. The monoisotopic (exact) mass is 435 g/mol. The second-order valence-corrected chi connectivity index (χ2v) is 8.02. The van der Waals surface area contributed by atoms with Crippen molar-refractivity contribution in [1.82, 2.24) is 14.5 Å². The number of aromatic nitrogens is 2. The Morgan fingerprint density at radius 3 is 2.46 bits per heavy atom. The molecular weight excluding hydrogens is 417 g/mol. The minimum atomic E-state index is -0.0812. The molecule has 0 aliphatic rings. The van der Waals surface area contributed by atoms with Gasteiger partial charge in [-0.3, -0.25) is 9.36 Å². The molecule has 0 bridgehead atoms. The lowest BCUT2D eigenvalue weighted by atomic mass is 10.2. The number of hydrogen-bond acceptors (Lipinski definition) is 3. The lowest BCUT2D eigenvalue weighted by Crippen LogP contribution is -2.26. The first-order chi connectivity index (χ1) is 13.3. The number of fused-ring (bicyclic) bond motifs is 1. The van der Waals surface area contributed by atoms with Crippen LogP contribution in [0, 0.1) is 0 Å². The molecule has 0 aliphatic heterocycles. The zero-order chi connectivity index (χ0) is 20.3. The van der Waals surface area contributed by atoms with E-state index in [2.05, 4.69) is 9.88 Å². The maximum Gasteiger partial charge on any atom is 0.261 e. The molecule has 0 unspecified atom stereocenters. The van der Waals surface area contributed by atoms with Crippen LogP contribution < -0.4 is 5.56 Å². The van der Waals surface area contributed by atoms with Gasteiger partial charge in [-0.15, -0.1) is 0 Å². The molecule has 3 rings (SSSR count). The summed E-state index contributed by atoms with van der Waals surface area (Å²) in [6, 6.07) is 10.4. The van der Waals surface area contributed by atoms with Crippen molar-refractivity contribution in [3.63, 3.8) is 0 Å². The second-order valence-electron chi connectivity index (χ2n) is 6.74. The molecule has 0 atom stereocenters. The van der Waals surface area contributed by atoms with Gasteiger partial charge < -0.3 is 4.90 Å². The Morgan fingerprint density at radius 2 is 1.75 bits per heavy atom. The molecule has 0 fully saturated rings. The SMILES string of the molecule is CN(C)CCCn1c(/C=C/c2ccc(Cl)cc2Cl)nc2cc(Cl)ccc2c1=O. The average Bonchev–Trinajstić information content (AvgIpc) is 2.62. The molecule has 0 amide bonds. The fourth-order valence-electron chi connectivity index (χ4n) is 2.90. The first kappa shape index (κ1) is 20.9. The fraction of sp³-hybridized carbons (Fsp3) is 0.238. The van der Waals surface area contributed by atoms with Gasteiger partial charge in [-0.2, -0.15) is 0 Å². The summed E-state index contributed by atoms with van der Waals surface area (Å²) < 4.78 is 1.69. The third-order valence-corrected chi connectivity index (χ3v) is 5.11. The van der Waals surface area contributed by atoms with Crippen molar-refractivity contribution in [2.45, 2.75) is 13.0 Å². The van der Waals surface area contributed by atoms with Gasteiger partial charge in [-0.1, -0.05) is 40.9 Å². The predicted molar refractivity (Wildman–Crippen MR) is 120 cm³/mol. The van der Waals surface area contributed by atoms with Crippen molar-refractivity contribution in [3.05, 3.63) is 73.2 Å². The first-order valence-corrected chi connectivity index (χ1v) is 9.96. The normalized spacial score (nSPS) is 11.8. The minimum Gasteiger partial charge on any atom is -0.309 e. The fourth-order valence-corrected chi connectivity index (χ4v) is 3.54. The molecule has 0 radical (unpaired) electrons. The molecule has 0 aliphatic carbocycles. The highest BCUT2D eigenvalue weighted by molar-refractivity contribution is 6.35. The smallest absolute Gasteiger partial charge is 0.261 e. The van der Waals surface area contributed by atoms with Gasteiger partial charge in [0.15, 0.2) is 0 Å². The molecular formula is C21H20Cl3N3O. The topological polar surface area (TPSA) is 38.1 Å². The quantitative estimate of drug-likeness (QED) is 0.513. The van der Waals surface area contributed by atoms with Crippen LogP contribution in [0.25, 0.3) is 23.1 Å². The summed E-state index contributed by atoms with van der Waals surface area (Å²) in [5, 5.41) is 2.20. The molecule has 1 aromatic heterocycles. The molecule has 0 spiro atoms. The molecule has 7 heteroatoms. The van der Waals surface area contributed by atoms with Gasteiger partial charge in [0.05, 0.1) is 10.9 Å². The summed E-state index contributed by atoms with van der Waals surface area (Å²) >= 11 is 18.3. The van der Waals surface area contributed by atoms with Crippen LogP contribution in [0.3, 0.4) is 0 Å². The van der Waals surface area contributed by atoms with E-state index in [1.165, 1.54) is 0 Å². The van der Waals surface area contributed by atoms with Crippen LogP contribution in [0.5, 0.6) is 0 Å². The maximum atomic E-state index is 13.0. The Balaban J connectivity index is 2.06. The van der Waals surface area contributed by atoms with Crippen LogP contribution in [-0.2, 0) is 6.54 Å². The van der Waals surface area contributed by atoms with Crippen molar-refractivity contribution < 1.29 is 0 Å². The Bertz CT molecular complexity index is 1090. The molecule has 0 N–H and O–H groups in total. The highest BCUT2D eigenvalue weighted by Crippen LogP contribution is 2.23. The Morgan fingerprint density at radius 1 is 1.04 bits per heavy atom. The van der Waals surface area contributed by atoms with E-state index in [1.807, 2.05) is 26.2 Å². The molecule has 0 saturated heterocycles. The van der Waals surface area contributed by atoms with E-state index in [0.29, 0.717) is 38.3 Å².